The largest absolute Gasteiger partial charge is 0.300 e. The van der Waals surface area contributed by atoms with E-state index >= 15 is 0 Å². The third-order valence-corrected chi connectivity index (χ3v) is 5.51. The summed E-state index contributed by atoms with van der Waals surface area (Å²) in [4.78, 5) is 8.10. The summed E-state index contributed by atoms with van der Waals surface area (Å²) in [5.74, 6) is 8.11. The predicted octanol–water partition coefficient (Wildman–Crippen LogP) is 0.817. The van der Waals surface area contributed by atoms with Crippen molar-refractivity contribution >= 4 is 28.1 Å². The first-order chi connectivity index (χ1) is 9.28. The zero-order chi connectivity index (χ0) is 13.2. The van der Waals surface area contributed by atoms with Gasteiger partial charge < -0.3 is 4.90 Å². The molecule has 5 nitrogen and oxygen atoms in total. The van der Waals surface area contributed by atoms with E-state index in [2.05, 4.69) is 38.3 Å². The second-order valence-electron chi connectivity index (χ2n) is 4.93. The molecule has 2 aromatic heterocycles. The average molecular weight is 297 g/mol. The fourth-order valence-electron chi connectivity index (χ4n) is 2.53. The van der Waals surface area contributed by atoms with E-state index in [1.54, 1.807) is 11.3 Å². The van der Waals surface area contributed by atoms with Gasteiger partial charge in [-0.05, 0) is 7.05 Å². The number of hydrazine groups is 1. The van der Waals surface area contributed by atoms with Crippen LogP contribution in [0.15, 0.2) is 17.8 Å². The molecule has 1 fully saturated rings. The molecule has 2 atom stereocenters. The van der Waals surface area contributed by atoms with Crippen LogP contribution in [0.3, 0.4) is 0 Å². The molecule has 2 aromatic rings. The van der Waals surface area contributed by atoms with Gasteiger partial charge in [-0.25, -0.2) is 4.98 Å². The molecule has 3 rings (SSSR count). The molecule has 19 heavy (non-hydrogen) atoms. The second kappa shape index (κ2) is 5.80. The van der Waals surface area contributed by atoms with Gasteiger partial charge in [0.25, 0.3) is 0 Å². The Balaban J connectivity index is 1.73. The summed E-state index contributed by atoms with van der Waals surface area (Å²) in [6.45, 7) is 1.13. The van der Waals surface area contributed by atoms with Gasteiger partial charge in [-0.1, -0.05) is 0 Å². The number of hydrogen-bond donors (Lipinski definition) is 2. The Bertz CT molecular complexity index is 508. The summed E-state index contributed by atoms with van der Waals surface area (Å²) >= 11 is 3.67. The van der Waals surface area contributed by atoms with Crippen molar-refractivity contribution in [1.82, 2.24) is 19.7 Å². The fraction of sp³-hybridized carbons (Fsp3) is 0.583. The standard InChI is InChI=1S/C12H19N5S2/c1-16-2-4-18-8-11(16)10(15-13)6-9-7-17-3-5-19-12(17)14-9/h3,5,7,10-11,15H,2,4,6,8,13H2,1H3. The van der Waals surface area contributed by atoms with E-state index in [0.717, 1.165) is 29.4 Å². The average Bonchev–Trinajstić information content (AvgIpc) is 2.97. The van der Waals surface area contributed by atoms with Crippen LogP contribution >= 0.6 is 23.1 Å². The monoisotopic (exact) mass is 297 g/mol. The van der Waals surface area contributed by atoms with Gasteiger partial charge in [-0.2, -0.15) is 11.8 Å². The van der Waals surface area contributed by atoms with Crippen molar-refractivity contribution in [3.8, 4) is 0 Å². The molecule has 1 saturated heterocycles. The molecule has 3 N–H and O–H groups in total. The Morgan fingerprint density at radius 1 is 1.63 bits per heavy atom. The molecule has 0 bridgehead atoms. The lowest BCUT2D eigenvalue weighted by Crippen LogP contribution is -2.55. The lowest BCUT2D eigenvalue weighted by atomic mass is 10.0. The van der Waals surface area contributed by atoms with Crippen molar-refractivity contribution in [3.63, 3.8) is 0 Å². The van der Waals surface area contributed by atoms with E-state index in [1.807, 2.05) is 18.0 Å². The molecule has 7 heteroatoms. The van der Waals surface area contributed by atoms with Crippen LogP contribution in [-0.4, -0.2) is 51.5 Å². The van der Waals surface area contributed by atoms with E-state index in [9.17, 15) is 0 Å². The molecule has 0 saturated carbocycles. The highest BCUT2D eigenvalue weighted by Crippen LogP contribution is 2.20. The van der Waals surface area contributed by atoms with Crippen molar-refractivity contribution in [3.05, 3.63) is 23.5 Å². The van der Waals surface area contributed by atoms with E-state index < -0.39 is 0 Å². The molecule has 0 aliphatic carbocycles. The Labute approximate surface area is 121 Å². The number of fused-ring (bicyclic) bond motifs is 1. The first-order valence-corrected chi connectivity index (χ1v) is 8.46. The van der Waals surface area contributed by atoms with Crippen LogP contribution in [0.25, 0.3) is 4.96 Å². The van der Waals surface area contributed by atoms with Crippen molar-refractivity contribution in [2.75, 3.05) is 25.1 Å². The first-order valence-electron chi connectivity index (χ1n) is 6.43. The van der Waals surface area contributed by atoms with Crippen molar-refractivity contribution in [2.45, 2.75) is 18.5 Å². The van der Waals surface area contributed by atoms with Gasteiger partial charge in [0.05, 0.1) is 5.69 Å². The maximum absolute atomic E-state index is 5.77. The van der Waals surface area contributed by atoms with Crippen LogP contribution in [-0.2, 0) is 6.42 Å². The summed E-state index contributed by atoms with van der Waals surface area (Å²) in [6, 6.07) is 0.728. The van der Waals surface area contributed by atoms with Crippen molar-refractivity contribution in [1.29, 1.82) is 0 Å². The van der Waals surface area contributed by atoms with E-state index in [1.165, 1.54) is 5.75 Å². The Hall–Kier alpha value is -0.600. The summed E-state index contributed by atoms with van der Waals surface area (Å²) in [5.41, 5.74) is 4.10. The predicted molar refractivity (Wildman–Crippen MR) is 81.6 cm³/mol. The van der Waals surface area contributed by atoms with Crippen LogP contribution < -0.4 is 11.3 Å². The smallest absolute Gasteiger partial charge is 0.193 e. The number of nitrogens with one attached hydrogen (secondary N) is 1. The summed E-state index contributed by atoms with van der Waals surface area (Å²) in [5, 5.41) is 2.05. The molecule has 0 spiro atoms. The number of thiazole rings is 1. The quantitative estimate of drug-likeness (QED) is 0.646. The Morgan fingerprint density at radius 3 is 3.26 bits per heavy atom. The summed E-state index contributed by atoms with van der Waals surface area (Å²) < 4.78 is 2.08. The van der Waals surface area contributed by atoms with Gasteiger partial charge in [-0.15, -0.1) is 11.3 Å². The summed E-state index contributed by atoms with van der Waals surface area (Å²) in [6.07, 6.45) is 5.02. The van der Waals surface area contributed by atoms with Crippen LogP contribution in [0.5, 0.6) is 0 Å². The van der Waals surface area contributed by atoms with E-state index in [0.29, 0.717) is 6.04 Å². The molecule has 1 aliphatic heterocycles. The van der Waals surface area contributed by atoms with E-state index in [-0.39, 0.29) is 6.04 Å². The van der Waals surface area contributed by atoms with Gasteiger partial charge in [0.2, 0.25) is 0 Å². The highest BCUT2D eigenvalue weighted by atomic mass is 32.2. The fourth-order valence-corrected chi connectivity index (χ4v) is 4.57. The molecule has 1 aliphatic rings. The Kier molecular flexibility index (Phi) is 4.09. The number of aromatic nitrogens is 2. The lowest BCUT2D eigenvalue weighted by Gasteiger charge is -2.37. The molecule has 0 amide bonds. The van der Waals surface area contributed by atoms with Gasteiger partial charge in [0.15, 0.2) is 4.96 Å². The molecular formula is C12H19N5S2. The zero-order valence-corrected chi connectivity index (χ0v) is 12.6. The number of hydrogen-bond acceptors (Lipinski definition) is 6. The lowest BCUT2D eigenvalue weighted by molar-refractivity contribution is 0.213. The number of nitrogens with zero attached hydrogens (tertiary/aromatic N) is 3. The number of rotatable bonds is 4. The third kappa shape index (κ3) is 2.80. The van der Waals surface area contributed by atoms with Crippen molar-refractivity contribution < 1.29 is 0 Å². The third-order valence-electron chi connectivity index (χ3n) is 3.69. The van der Waals surface area contributed by atoms with Gasteiger partial charge in [0.1, 0.15) is 0 Å². The highest BCUT2D eigenvalue weighted by Gasteiger charge is 2.28. The highest BCUT2D eigenvalue weighted by molar-refractivity contribution is 7.99. The molecule has 0 aromatic carbocycles. The van der Waals surface area contributed by atoms with Crippen LogP contribution in [0, 0.1) is 0 Å². The molecular weight excluding hydrogens is 278 g/mol. The zero-order valence-electron chi connectivity index (χ0n) is 11.0. The van der Waals surface area contributed by atoms with Gasteiger partial charge in [-0.3, -0.25) is 15.7 Å². The van der Waals surface area contributed by atoms with Crippen molar-refractivity contribution in [2.24, 2.45) is 5.84 Å². The molecule has 104 valence electrons. The number of imidazole rings is 1. The number of nitrogens with two attached hydrogens (primary N) is 1. The summed E-state index contributed by atoms with van der Waals surface area (Å²) in [7, 11) is 2.18. The van der Waals surface area contributed by atoms with Crippen LogP contribution in [0.2, 0.25) is 0 Å². The molecule has 3 heterocycles. The minimum absolute atomic E-state index is 0.252. The normalized spacial score (nSPS) is 22.9. The maximum Gasteiger partial charge on any atom is 0.193 e. The second-order valence-corrected chi connectivity index (χ2v) is 6.95. The topological polar surface area (TPSA) is 58.6 Å². The molecule has 0 radical (unpaired) electrons. The van der Waals surface area contributed by atoms with Gasteiger partial charge in [0, 0.05) is 54.3 Å². The number of thioether (sulfide) groups is 1. The number of likely N-dealkylation sites (N-methyl/N-ethyl adjacent to an activating group) is 1. The Morgan fingerprint density at radius 2 is 2.53 bits per heavy atom. The first kappa shape index (κ1) is 13.4. The molecule has 2 unspecified atom stereocenters. The van der Waals surface area contributed by atoms with Crippen LogP contribution in [0.4, 0.5) is 0 Å². The van der Waals surface area contributed by atoms with E-state index in [4.69, 9.17) is 5.84 Å². The van der Waals surface area contributed by atoms with Gasteiger partial charge >= 0.3 is 0 Å². The van der Waals surface area contributed by atoms with Crippen LogP contribution in [0.1, 0.15) is 5.69 Å². The minimum atomic E-state index is 0.252. The SMILES string of the molecule is CN1CCSCC1C(Cc1cn2ccsc2n1)NN. The maximum atomic E-state index is 5.77. The minimum Gasteiger partial charge on any atom is -0.300 e.